The molecule has 0 aromatic heterocycles. The topological polar surface area (TPSA) is 49.4 Å². The summed E-state index contributed by atoms with van der Waals surface area (Å²) in [5.41, 5.74) is 5.41. The Bertz CT molecular complexity index is 1160. The molecule has 0 fully saturated rings. The van der Waals surface area contributed by atoms with E-state index >= 15 is 0 Å². The van der Waals surface area contributed by atoms with Crippen molar-refractivity contribution in [1.29, 1.82) is 0 Å². The number of hydrogen-bond donors (Lipinski definition) is 1. The van der Waals surface area contributed by atoms with E-state index in [4.69, 9.17) is 0 Å². The smallest absolute Gasteiger partial charge is 0.252 e. The fourth-order valence-corrected chi connectivity index (χ4v) is 5.66. The first kappa shape index (κ1) is 20.8. The Morgan fingerprint density at radius 1 is 0.906 bits per heavy atom. The van der Waals surface area contributed by atoms with Crippen molar-refractivity contribution in [1.82, 2.24) is 5.32 Å². The third-order valence-corrected chi connectivity index (χ3v) is 7.40. The van der Waals surface area contributed by atoms with Crippen molar-refractivity contribution in [3.63, 3.8) is 0 Å². The van der Waals surface area contributed by atoms with Crippen LogP contribution >= 0.6 is 11.8 Å². The average molecular weight is 443 g/mol. The van der Waals surface area contributed by atoms with Gasteiger partial charge in [-0.05, 0) is 60.6 Å². The molecule has 1 aliphatic carbocycles. The van der Waals surface area contributed by atoms with Crippen LogP contribution in [-0.2, 0) is 17.6 Å². The summed E-state index contributed by atoms with van der Waals surface area (Å²) in [5.74, 6) is 0.315. The van der Waals surface area contributed by atoms with Crippen LogP contribution in [0.1, 0.15) is 45.9 Å². The summed E-state index contributed by atoms with van der Waals surface area (Å²) in [7, 11) is 0. The van der Waals surface area contributed by atoms with E-state index in [1.54, 1.807) is 0 Å². The largest absolute Gasteiger partial charge is 0.345 e. The summed E-state index contributed by atoms with van der Waals surface area (Å²) in [6.45, 7) is 0.724. The lowest BCUT2D eigenvalue weighted by molar-refractivity contribution is -0.116. The van der Waals surface area contributed by atoms with Crippen LogP contribution < -0.4 is 10.2 Å². The number of para-hydroxylation sites is 1. The third kappa shape index (κ3) is 4.17. The monoisotopic (exact) mass is 442 g/mol. The van der Waals surface area contributed by atoms with Crippen molar-refractivity contribution in [2.75, 3.05) is 17.2 Å². The van der Waals surface area contributed by atoms with Gasteiger partial charge in [-0.2, -0.15) is 0 Å². The molecular weight excluding hydrogens is 416 g/mol. The highest BCUT2D eigenvalue weighted by molar-refractivity contribution is 8.00. The molecule has 162 valence electrons. The Labute approximate surface area is 193 Å². The van der Waals surface area contributed by atoms with Crippen molar-refractivity contribution in [3.8, 4) is 0 Å². The lowest BCUT2D eigenvalue weighted by atomic mass is 9.87. The number of fused-ring (bicyclic) bond motifs is 2. The second-order valence-corrected chi connectivity index (χ2v) is 9.34. The molecule has 1 heterocycles. The molecule has 2 aliphatic rings. The van der Waals surface area contributed by atoms with Gasteiger partial charge in [0.25, 0.3) is 5.91 Å². The van der Waals surface area contributed by atoms with Crippen LogP contribution in [-0.4, -0.2) is 24.1 Å². The molecule has 1 unspecified atom stereocenters. The van der Waals surface area contributed by atoms with Crippen molar-refractivity contribution < 1.29 is 9.59 Å². The second kappa shape index (κ2) is 9.21. The maximum Gasteiger partial charge on any atom is 0.252 e. The number of nitrogens with one attached hydrogen (secondary N) is 1. The molecular formula is C27H26N2O2S. The molecule has 1 N–H and O–H groups in total. The number of hydrogen-bond acceptors (Lipinski definition) is 3. The number of nitrogens with zero attached hydrogens (tertiary/aromatic N) is 1. The van der Waals surface area contributed by atoms with Gasteiger partial charge in [0.1, 0.15) is 0 Å². The van der Waals surface area contributed by atoms with E-state index in [1.807, 2.05) is 53.4 Å². The second-order valence-electron chi connectivity index (χ2n) is 8.33. The van der Waals surface area contributed by atoms with E-state index in [1.165, 1.54) is 28.5 Å². The van der Waals surface area contributed by atoms with E-state index in [-0.39, 0.29) is 17.9 Å². The zero-order chi connectivity index (χ0) is 21.9. The Balaban J connectivity index is 1.28. The molecule has 32 heavy (non-hydrogen) atoms. The summed E-state index contributed by atoms with van der Waals surface area (Å²) >= 11 is 1.44. The molecule has 0 radical (unpaired) electrons. The molecule has 4 nitrogen and oxygen atoms in total. The van der Waals surface area contributed by atoms with Gasteiger partial charge in [-0.1, -0.05) is 54.6 Å². The molecule has 5 heteroatoms. The van der Waals surface area contributed by atoms with Crippen LogP contribution in [0.15, 0.2) is 77.7 Å². The quantitative estimate of drug-likeness (QED) is 0.554. The number of carbonyl (C=O) groups is 2. The number of anilines is 1. The molecule has 0 bridgehead atoms. The summed E-state index contributed by atoms with van der Waals surface area (Å²) < 4.78 is 0. The van der Waals surface area contributed by atoms with Crippen molar-refractivity contribution >= 4 is 29.3 Å². The van der Waals surface area contributed by atoms with Gasteiger partial charge in [0.05, 0.1) is 17.4 Å². The molecule has 5 rings (SSSR count). The highest BCUT2D eigenvalue weighted by Gasteiger charge is 2.25. The summed E-state index contributed by atoms with van der Waals surface area (Å²) in [6, 6.07) is 24.1. The maximum absolute atomic E-state index is 13.2. The Morgan fingerprint density at radius 3 is 2.56 bits per heavy atom. The van der Waals surface area contributed by atoms with E-state index < -0.39 is 0 Å². The Morgan fingerprint density at radius 2 is 1.66 bits per heavy atom. The molecule has 0 saturated heterocycles. The Hall–Kier alpha value is -3.05. The summed E-state index contributed by atoms with van der Waals surface area (Å²) in [4.78, 5) is 28.8. The minimum atomic E-state index is -0.0752. The van der Waals surface area contributed by atoms with Crippen LogP contribution in [0.3, 0.4) is 0 Å². The summed E-state index contributed by atoms with van der Waals surface area (Å²) in [5, 5.41) is 3.24. The Kier molecular flexibility index (Phi) is 5.99. The lowest BCUT2D eigenvalue weighted by Crippen LogP contribution is -2.32. The van der Waals surface area contributed by atoms with Gasteiger partial charge in [-0.25, -0.2) is 0 Å². The highest BCUT2D eigenvalue weighted by Crippen LogP contribution is 2.32. The van der Waals surface area contributed by atoms with E-state index in [0.29, 0.717) is 11.3 Å². The van der Waals surface area contributed by atoms with Crippen molar-refractivity contribution in [2.45, 2.75) is 36.6 Å². The zero-order valence-electron chi connectivity index (χ0n) is 17.9. The van der Waals surface area contributed by atoms with Crippen LogP contribution in [0.4, 0.5) is 5.69 Å². The number of thioether (sulfide) groups is 1. The van der Waals surface area contributed by atoms with Gasteiger partial charge in [-0.15, -0.1) is 11.8 Å². The summed E-state index contributed by atoms with van der Waals surface area (Å²) in [6.07, 6.45) is 3.99. The number of rotatable bonds is 5. The van der Waals surface area contributed by atoms with Crippen molar-refractivity contribution in [3.05, 3.63) is 95.1 Å². The minimum Gasteiger partial charge on any atom is -0.345 e. The molecule has 1 aliphatic heterocycles. The standard InChI is InChI=1S/C27H26N2O2S/c30-26(29-17-16-20-9-2-5-14-24(20)29)18-32-25-15-6-4-12-22(25)27(31)28-23-13-7-10-19-8-1-3-11-21(19)23/h1-6,8-9,11-12,14-15,23H,7,10,13,16-18H2,(H,28,31). The average Bonchev–Trinajstić information content (AvgIpc) is 3.27. The van der Waals surface area contributed by atoms with Gasteiger partial charge in [0.15, 0.2) is 0 Å². The lowest BCUT2D eigenvalue weighted by Gasteiger charge is -2.26. The predicted octanol–water partition coefficient (Wildman–Crippen LogP) is 5.18. The van der Waals surface area contributed by atoms with Crippen LogP contribution in [0.25, 0.3) is 0 Å². The molecule has 2 amide bonds. The minimum absolute atomic E-state index is 0.0354. The number of amides is 2. The van der Waals surface area contributed by atoms with E-state index in [0.717, 1.165) is 42.8 Å². The number of carbonyl (C=O) groups excluding carboxylic acids is 2. The highest BCUT2D eigenvalue weighted by atomic mass is 32.2. The van der Waals surface area contributed by atoms with Gasteiger partial charge >= 0.3 is 0 Å². The number of aryl methyl sites for hydroxylation is 1. The van der Waals surface area contributed by atoms with Gasteiger partial charge < -0.3 is 10.2 Å². The molecule has 0 saturated carbocycles. The van der Waals surface area contributed by atoms with Crippen LogP contribution in [0.2, 0.25) is 0 Å². The zero-order valence-corrected chi connectivity index (χ0v) is 18.7. The first-order valence-electron chi connectivity index (χ1n) is 11.2. The van der Waals surface area contributed by atoms with Crippen molar-refractivity contribution in [2.24, 2.45) is 0 Å². The van der Waals surface area contributed by atoms with E-state index in [9.17, 15) is 9.59 Å². The molecule has 0 spiro atoms. The first-order chi connectivity index (χ1) is 15.7. The van der Waals surface area contributed by atoms with Gasteiger partial charge in [0.2, 0.25) is 5.91 Å². The normalized spacial score (nSPS) is 16.9. The first-order valence-corrected chi connectivity index (χ1v) is 12.2. The maximum atomic E-state index is 13.2. The van der Waals surface area contributed by atoms with Crippen LogP contribution in [0.5, 0.6) is 0 Å². The van der Waals surface area contributed by atoms with E-state index in [2.05, 4.69) is 29.6 Å². The predicted molar refractivity (Wildman–Crippen MR) is 129 cm³/mol. The SMILES string of the molecule is O=C(NC1CCCc2ccccc21)c1ccccc1SCC(=O)N1CCc2ccccc21. The molecule has 3 aromatic rings. The van der Waals surface area contributed by atoms with Gasteiger partial charge in [-0.3, -0.25) is 9.59 Å². The molecule has 3 aromatic carbocycles. The number of benzene rings is 3. The fourth-order valence-electron chi connectivity index (χ4n) is 4.73. The molecule has 1 atom stereocenters. The fraction of sp³-hybridized carbons (Fsp3) is 0.259. The third-order valence-electron chi connectivity index (χ3n) is 6.35. The van der Waals surface area contributed by atoms with Crippen LogP contribution in [0, 0.1) is 0 Å². The van der Waals surface area contributed by atoms with Gasteiger partial charge in [0, 0.05) is 17.1 Å².